The number of halogens is 1. The van der Waals surface area contributed by atoms with Crippen LogP contribution in [0.15, 0.2) is 24.3 Å². The molecule has 4 heteroatoms. The lowest BCUT2D eigenvalue weighted by Gasteiger charge is -2.16. The van der Waals surface area contributed by atoms with E-state index >= 15 is 0 Å². The van der Waals surface area contributed by atoms with E-state index in [-0.39, 0.29) is 12.0 Å². The Balaban J connectivity index is 1.99. The molecule has 0 aliphatic heterocycles. The number of hydrogen-bond donors (Lipinski definition) is 1. The molecule has 20 heavy (non-hydrogen) atoms. The third kappa shape index (κ3) is 4.14. The number of rotatable bonds is 5. The Bertz CT molecular complexity index is 456. The van der Waals surface area contributed by atoms with Crippen LogP contribution in [0.5, 0.6) is 5.75 Å². The average Bonchev–Trinajstić information content (AvgIpc) is 2.90. The van der Waals surface area contributed by atoms with Crippen LogP contribution in [0.3, 0.4) is 0 Å². The maximum Gasteiger partial charge on any atom is 0.242 e. The highest BCUT2D eigenvalue weighted by molar-refractivity contribution is 6.30. The fourth-order valence-electron chi connectivity index (χ4n) is 2.51. The van der Waals surface area contributed by atoms with Crippen LogP contribution in [0.2, 0.25) is 0 Å². The summed E-state index contributed by atoms with van der Waals surface area (Å²) in [5.74, 6) is 0.636. The van der Waals surface area contributed by atoms with Gasteiger partial charge in [-0.15, -0.1) is 11.6 Å². The minimum Gasteiger partial charge on any atom is -0.491 e. The molecule has 1 aromatic rings. The van der Waals surface area contributed by atoms with Gasteiger partial charge in [-0.25, -0.2) is 0 Å². The van der Waals surface area contributed by atoms with Crippen LogP contribution in [0.25, 0.3) is 0 Å². The topological polar surface area (TPSA) is 38.3 Å². The summed E-state index contributed by atoms with van der Waals surface area (Å²) in [5.41, 5.74) is 0.778. The zero-order valence-electron chi connectivity index (χ0n) is 12.1. The van der Waals surface area contributed by atoms with Crippen LogP contribution >= 0.6 is 11.6 Å². The minimum absolute atomic E-state index is 0.103. The summed E-state index contributed by atoms with van der Waals surface area (Å²) in [4.78, 5) is 12.1. The number of hydrogen-bond acceptors (Lipinski definition) is 2. The van der Waals surface area contributed by atoms with Crippen LogP contribution in [-0.2, 0) is 4.79 Å². The summed E-state index contributed by atoms with van der Waals surface area (Å²) in [5, 5.41) is 2.36. The second-order valence-corrected chi connectivity index (χ2v) is 6.03. The van der Waals surface area contributed by atoms with Crippen molar-refractivity contribution >= 4 is 17.5 Å². The van der Waals surface area contributed by atoms with Gasteiger partial charge in [-0.05, 0) is 44.4 Å². The van der Waals surface area contributed by atoms with Gasteiger partial charge in [-0.3, -0.25) is 4.79 Å². The average molecular weight is 296 g/mol. The first-order valence-electron chi connectivity index (χ1n) is 7.27. The van der Waals surface area contributed by atoms with Gasteiger partial charge in [0, 0.05) is 6.04 Å². The molecule has 0 radical (unpaired) electrons. The lowest BCUT2D eigenvalue weighted by Crippen LogP contribution is -2.34. The summed E-state index contributed by atoms with van der Waals surface area (Å²) in [7, 11) is 0. The summed E-state index contributed by atoms with van der Waals surface area (Å²) < 4.78 is 5.63. The van der Waals surface area contributed by atoms with E-state index in [4.69, 9.17) is 16.3 Å². The Morgan fingerprint density at radius 1 is 1.35 bits per heavy atom. The maximum absolute atomic E-state index is 12.1. The van der Waals surface area contributed by atoms with Crippen LogP contribution in [0.4, 0.5) is 0 Å². The first kappa shape index (κ1) is 15.2. The number of alkyl halides is 1. The van der Waals surface area contributed by atoms with Crippen molar-refractivity contribution in [1.29, 1.82) is 0 Å². The lowest BCUT2D eigenvalue weighted by molar-refractivity contribution is -0.121. The molecular weight excluding hydrogens is 274 g/mol. The Labute approximate surface area is 125 Å². The standard InChI is InChI=1S/C16H22ClNO2/c1-11(2)20-14-9-5-6-12(10-14)15(17)16(19)18-13-7-3-4-8-13/h5-6,9-11,13,15H,3-4,7-8H2,1-2H3,(H,18,19). The van der Waals surface area contributed by atoms with Crippen molar-refractivity contribution in [2.45, 2.75) is 57.1 Å². The zero-order chi connectivity index (χ0) is 14.5. The Morgan fingerprint density at radius 3 is 2.70 bits per heavy atom. The van der Waals surface area contributed by atoms with Crippen molar-refractivity contribution in [2.75, 3.05) is 0 Å². The Morgan fingerprint density at radius 2 is 2.05 bits per heavy atom. The smallest absolute Gasteiger partial charge is 0.242 e. The summed E-state index contributed by atoms with van der Waals surface area (Å²) >= 11 is 6.28. The van der Waals surface area contributed by atoms with Crippen LogP contribution in [0.1, 0.15) is 50.5 Å². The third-order valence-electron chi connectivity index (χ3n) is 3.45. The fraction of sp³-hybridized carbons (Fsp3) is 0.562. The second kappa shape index (κ2) is 6.98. The number of amides is 1. The second-order valence-electron chi connectivity index (χ2n) is 5.59. The molecule has 1 unspecified atom stereocenters. The predicted molar refractivity (Wildman–Crippen MR) is 81.2 cm³/mol. The number of ether oxygens (including phenoxy) is 1. The molecule has 1 saturated carbocycles. The first-order chi connectivity index (χ1) is 9.56. The SMILES string of the molecule is CC(C)Oc1cccc(C(Cl)C(=O)NC2CCCC2)c1. The van der Waals surface area contributed by atoms with E-state index in [9.17, 15) is 4.79 Å². The minimum atomic E-state index is -0.661. The molecule has 0 bridgehead atoms. The molecule has 1 aliphatic carbocycles. The largest absolute Gasteiger partial charge is 0.491 e. The highest BCUT2D eigenvalue weighted by atomic mass is 35.5. The van der Waals surface area contributed by atoms with E-state index in [1.165, 1.54) is 12.8 Å². The molecule has 1 aromatic carbocycles. The van der Waals surface area contributed by atoms with Crippen molar-refractivity contribution in [2.24, 2.45) is 0 Å². The van der Waals surface area contributed by atoms with E-state index < -0.39 is 5.38 Å². The van der Waals surface area contributed by atoms with Gasteiger partial charge >= 0.3 is 0 Å². The Hall–Kier alpha value is -1.22. The quantitative estimate of drug-likeness (QED) is 0.839. The summed E-state index contributed by atoms with van der Waals surface area (Å²) in [6.07, 6.45) is 4.61. The molecule has 1 atom stereocenters. The number of benzene rings is 1. The van der Waals surface area contributed by atoms with E-state index in [0.717, 1.165) is 24.2 Å². The Kier molecular flexibility index (Phi) is 5.30. The molecule has 2 rings (SSSR count). The summed E-state index contributed by atoms with van der Waals surface area (Å²) in [6.45, 7) is 3.94. The molecule has 1 amide bonds. The molecule has 0 heterocycles. The molecule has 1 aliphatic rings. The highest BCUT2D eigenvalue weighted by Gasteiger charge is 2.23. The molecule has 0 aromatic heterocycles. The van der Waals surface area contributed by atoms with E-state index in [1.807, 2.05) is 38.1 Å². The van der Waals surface area contributed by atoms with Gasteiger partial charge in [0.05, 0.1) is 6.10 Å². The van der Waals surface area contributed by atoms with Crippen molar-refractivity contribution in [3.63, 3.8) is 0 Å². The lowest BCUT2D eigenvalue weighted by atomic mass is 10.1. The molecule has 0 spiro atoms. The molecule has 110 valence electrons. The van der Waals surface area contributed by atoms with Gasteiger partial charge in [0.25, 0.3) is 0 Å². The number of carbonyl (C=O) groups is 1. The predicted octanol–water partition coefficient (Wildman–Crippen LogP) is 3.81. The fourth-order valence-corrected chi connectivity index (χ4v) is 2.71. The molecule has 3 nitrogen and oxygen atoms in total. The molecule has 1 N–H and O–H groups in total. The number of carbonyl (C=O) groups excluding carboxylic acids is 1. The van der Waals surface area contributed by atoms with Crippen LogP contribution < -0.4 is 10.1 Å². The molecule has 1 fully saturated rings. The molecule has 0 saturated heterocycles. The van der Waals surface area contributed by atoms with Crippen LogP contribution in [-0.4, -0.2) is 18.1 Å². The van der Waals surface area contributed by atoms with E-state index in [1.54, 1.807) is 0 Å². The zero-order valence-corrected chi connectivity index (χ0v) is 12.8. The number of nitrogens with one attached hydrogen (secondary N) is 1. The monoisotopic (exact) mass is 295 g/mol. The summed E-state index contributed by atoms with van der Waals surface area (Å²) in [6, 6.07) is 7.73. The van der Waals surface area contributed by atoms with E-state index in [0.29, 0.717) is 6.04 Å². The first-order valence-corrected chi connectivity index (χ1v) is 7.71. The van der Waals surface area contributed by atoms with E-state index in [2.05, 4.69) is 5.32 Å². The normalized spacial score (nSPS) is 17.2. The van der Waals surface area contributed by atoms with Gasteiger partial charge in [-0.1, -0.05) is 25.0 Å². The molecular formula is C16H22ClNO2. The third-order valence-corrected chi connectivity index (χ3v) is 3.90. The van der Waals surface area contributed by atoms with Crippen molar-refractivity contribution in [1.82, 2.24) is 5.32 Å². The van der Waals surface area contributed by atoms with Crippen molar-refractivity contribution in [3.05, 3.63) is 29.8 Å². The maximum atomic E-state index is 12.1. The van der Waals surface area contributed by atoms with Gasteiger partial charge in [0.2, 0.25) is 5.91 Å². The van der Waals surface area contributed by atoms with Crippen molar-refractivity contribution < 1.29 is 9.53 Å². The van der Waals surface area contributed by atoms with Gasteiger partial charge in [0.1, 0.15) is 11.1 Å². The highest BCUT2D eigenvalue weighted by Crippen LogP contribution is 2.26. The van der Waals surface area contributed by atoms with Gasteiger partial charge < -0.3 is 10.1 Å². The van der Waals surface area contributed by atoms with Crippen LogP contribution in [0, 0.1) is 0 Å². The van der Waals surface area contributed by atoms with Gasteiger partial charge in [0.15, 0.2) is 0 Å². The van der Waals surface area contributed by atoms with Crippen molar-refractivity contribution in [3.8, 4) is 5.75 Å². The van der Waals surface area contributed by atoms with Gasteiger partial charge in [-0.2, -0.15) is 0 Å².